The predicted octanol–water partition coefficient (Wildman–Crippen LogP) is 1.72. The smallest absolute Gasteiger partial charge is 0.408 e. The lowest BCUT2D eigenvalue weighted by atomic mass is 10.1. The van der Waals surface area contributed by atoms with Crippen LogP contribution in [0.1, 0.15) is 39.6 Å². The molecule has 4 bridgehead atoms. The van der Waals surface area contributed by atoms with Crippen LogP contribution in [0, 0.1) is 0 Å². The molecule has 22 nitrogen and oxygen atoms in total. The Hall–Kier alpha value is -3.18. The highest BCUT2D eigenvalue weighted by atomic mass is 31.2. The van der Waals surface area contributed by atoms with Gasteiger partial charge in [0, 0.05) is 6.42 Å². The number of fused-ring (bicyclic) bond motifs is 6. The van der Waals surface area contributed by atoms with Crippen molar-refractivity contribution < 1.29 is 50.9 Å². The van der Waals surface area contributed by atoms with Crippen LogP contribution in [0.3, 0.4) is 0 Å². The highest BCUT2D eigenvalue weighted by Crippen LogP contribution is 2.55. The Labute approximate surface area is 290 Å². The van der Waals surface area contributed by atoms with Gasteiger partial charge in [-0.2, -0.15) is 4.98 Å². The summed E-state index contributed by atoms with van der Waals surface area (Å²) in [5, 5.41) is -0.375. The molecule has 4 aromatic rings. The second-order valence-corrected chi connectivity index (χ2v) is 21.5. The van der Waals surface area contributed by atoms with Gasteiger partial charge in [-0.25, -0.2) is 29.1 Å². The minimum Gasteiger partial charge on any atom is -0.408 e. The Kier molecular flexibility index (Phi) is 9.04. The van der Waals surface area contributed by atoms with Gasteiger partial charge in [0.25, 0.3) is 5.56 Å². The first-order valence-corrected chi connectivity index (χ1v) is 21.7. The van der Waals surface area contributed by atoms with E-state index in [1.807, 2.05) is 33.9 Å². The number of hydrogen-bond donors (Lipinski definition) is 5. The molecule has 0 aliphatic carbocycles. The first kappa shape index (κ1) is 36.2. The van der Waals surface area contributed by atoms with Crippen molar-refractivity contribution in [2.24, 2.45) is 0 Å². The van der Waals surface area contributed by atoms with Crippen LogP contribution >= 0.6 is 15.6 Å². The zero-order chi connectivity index (χ0) is 36.7. The number of nitrogen functional groups attached to an aromatic ring is 2. The van der Waals surface area contributed by atoms with E-state index < -0.39 is 85.7 Å². The summed E-state index contributed by atoms with van der Waals surface area (Å²) >= 11 is 0. The van der Waals surface area contributed by atoms with E-state index in [0.29, 0.717) is 0 Å². The molecular weight excluding hydrogens is 734 g/mol. The van der Waals surface area contributed by atoms with Gasteiger partial charge >= 0.3 is 15.6 Å². The molecule has 3 saturated heterocycles. The lowest BCUT2D eigenvalue weighted by Gasteiger charge is -2.40. The molecule has 0 spiro atoms. The number of imidazole rings is 2. The molecule has 7 N–H and O–H groups in total. The Balaban J connectivity index is 1.27. The number of nitrogens with one attached hydrogen (secondary N) is 1. The van der Waals surface area contributed by atoms with Gasteiger partial charge in [-0.05, 0) is 18.1 Å². The SMILES string of the molecule is CC(C)(C)[Si](C)(C)O[C@H]1[C@H]2OP(=O)(O)OC[C@@H]3C[C@@H](OP(=O)(O)OC[C@H]1O[C@H]2n1cnc2c(=O)[nH]c(N)nc21)[C@H](n1cnc2c(N)ncnc21)O3. The number of phosphoric acid groups is 2. The minimum absolute atomic E-state index is 0.0268. The molecule has 51 heavy (non-hydrogen) atoms. The summed E-state index contributed by atoms with van der Waals surface area (Å²) in [4.78, 5) is 57.9. The Morgan fingerprint density at radius 3 is 2.31 bits per heavy atom. The number of H-pyrrole nitrogens is 1. The summed E-state index contributed by atoms with van der Waals surface area (Å²) in [6, 6.07) is 0. The van der Waals surface area contributed by atoms with Crippen molar-refractivity contribution in [2.75, 3.05) is 24.7 Å². The summed E-state index contributed by atoms with van der Waals surface area (Å²) in [5.41, 5.74) is 11.5. The van der Waals surface area contributed by atoms with Crippen molar-refractivity contribution in [3.63, 3.8) is 0 Å². The van der Waals surface area contributed by atoms with Crippen molar-refractivity contribution in [3.05, 3.63) is 29.3 Å². The maximum atomic E-state index is 13.8. The van der Waals surface area contributed by atoms with Crippen molar-refractivity contribution in [3.8, 4) is 0 Å². The van der Waals surface area contributed by atoms with Crippen LogP contribution < -0.4 is 17.0 Å². The first-order chi connectivity index (χ1) is 23.8. The van der Waals surface area contributed by atoms with Gasteiger partial charge in [0.1, 0.15) is 36.3 Å². The number of ether oxygens (including phenoxy) is 2. The summed E-state index contributed by atoms with van der Waals surface area (Å²) in [6.45, 7) is 8.69. The molecule has 278 valence electrons. The third-order valence-electron chi connectivity index (χ3n) is 9.40. The number of nitrogens with zero attached hydrogens (tertiary/aromatic N) is 7. The highest BCUT2D eigenvalue weighted by molar-refractivity contribution is 7.47. The number of anilines is 2. The van der Waals surface area contributed by atoms with Crippen molar-refractivity contribution in [1.82, 2.24) is 39.0 Å². The average Bonchev–Trinajstić information content (AvgIpc) is 3.79. The van der Waals surface area contributed by atoms with Gasteiger partial charge in [-0.3, -0.25) is 37.0 Å². The van der Waals surface area contributed by atoms with E-state index >= 15 is 0 Å². The van der Waals surface area contributed by atoms with Gasteiger partial charge in [0.2, 0.25) is 5.95 Å². The molecule has 0 amide bonds. The van der Waals surface area contributed by atoms with Gasteiger partial charge in [-0.15, -0.1) is 0 Å². The number of aromatic nitrogens is 8. The van der Waals surface area contributed by atoms with Crippen molar-refractivity contribution in [1.29, 1.82) is 0 Å². The molecule has 0 saturated carbocycles. The molecule has 0 aromatic carbocycles. The molecule has 7 heterocycles. The second kappa shape index (κ2) is 12.7. The maximum absolute atomic E-state index is 13.8. The number of hydrogen-bond acceptors (Lipinski definition) is 17. The topological polar surface area (TPSA) is 298 Å². The predicted molar refractivity (Wildman–Crippen MR) is 178 cm³/mol. The lowest BCUT2D eigenvalue weighted by molar-refractivity contribution is -0.0672. The van der Waals surface area contributed by atoms with E-state index in [9.17, 15) is 23.7 Å². The van der Waals surface area contributed by atoms with Crippen LogP contribution in [-0.2, 0) is 41.1 Å². The minimum atomic E-state index is -4.97. The second-order valence-electron chi connectivity index (χ2n) is 13.9. The van der Waals surface area contributed by atoms with Crippen LogP contribution in [0.5, 0.6) is 0 Å². The molecule has 4 aromatic heterocycles. The molecule has 3 fully saturated rings. The molecule has 9 atom stereocenters. The van der Waals surface area contributed by atoms with E-state index in [0.717, 1.165) is 0 Å². The average molecular weight is 773 g/mol. The highest BCUT2D eigenvalue weighted by Gasteiger charge is 2.55. The largest absolute Gasteiger partial charge is 0.472 e. The standard InChI is InChI=1S/C26H38N10O12P2Si/c1-26(2,3)51(4,5)48-17-14-8-43-49(38,39)46-13-6-12(44-23(13)35-10-31-15-19(27)29-9-30-20(15)35)7-42-50(40,41)47-18(17)24(45-14)36-11-32-16-21(36)33-25(28)34-22(16)37/h9-14,17-18,23-24H,6-8H2,1-5H3,(H,38,39)(H,40,41)(H2,27,29,30)(H3,28,33,34,37)/t12-,13+,14+,17+,18+,23+,24+/m0/s1. The zero-order valence-corrected chi connectivity index (χ0v) is 30.8. The number of nitrogens with two attached hydrogens (primary N) is 2. The van der Waals surface area contributed by atoms with Gasteiger partial charge in [0.05, 0.1) is 32.0 Å². The van der Waals surface area contributed by atoms with Gasteiger partial charge in [-0.1, -0.05) is 20.8 Å². The molecule has 25 heteroatoms. The molecule has 7 rings (SSSR count). The molecule has 3 aliphatic heterocycles. The maximum Gasteiger partial charge on any atom is 0.472 e. The molecule has 3 aliphatic rings. The zero-order valence-electron chi connectivity index (χ0n) is 28.1. The normalized spacial score (nSPS) is 33.9. The third kappa shape index (κ3) is 6.89. The number of phosphoric ester groups is 2. The monoisotopic (exact) mass is 772 g/mol. The van der Waals surface area contributed by atoms with Crippen molar-refractivity contribution in [2.45, 2.75) is 88.3 Å². The summed E-state index contributed by atoms with van der Waals surface area (Å²) < 4.78 is 71.8. The van der Waals surface area contributed by atoms with Gasteiger partial charge in [0.15, 0.2) is 43.4 Å². The number of rotatable bonds is 4. The van der Waals surface area contributed by atoms with Crippen LogP contribution in [-0.4, -0.2) is 101 Å². The lowest BCUT2D eigenvalue weighted by Crippen LogP contribution is -2.50. The summed E-state index contributed by atoms with van der Waals surface area (Å²) in [7, 11) is -12.6. The van der Waals surface area contributed by atoms with Crippen LogP contribution in [0.4, 0.5) is 11.8 Å². The van der Waals surface area contributed by atoms with Gasteiger partial charge < -0.3 is 35.2 Å². The van der Waals surface area contributed by atoms with E-state index in [1.54, 1.807) is 0 Å². The Bertz CT molecular complexity index is 2120. The van der Waals surface area contributed by atoms with E-state index in [2.05, 4.69) is 29.9 Å². The summed E-state index contributed by atoms with van der Waals surface area (Å²) in [5.74, 6) is -0.126. The van der Waals surface area contributed by atoms with Crippen molar-refractivity contribution >= 4 is 58.1 Å². The van der Waals surface area contributed by atoms with E-state index in [1.165, 1.54) is 28.1 Å². The van der Waals surface area contributed by atoms with Crippen LogP contribution in [0.25, 0.3) is 22.3 Å². The number of aromatic amines is 1. The quantitative estimate of drug-likeness (QED) is 0.146. The fourth-order valence-electron chi connectivity index (χ4n) is 5.92. The van der Waals surface area contributed by atoms with Crippen LogP contribution in [0.2, 0.25) is 18.1 Å². The molecule has 2 unspecified atom stereocenters. The van der Waals surface area contributed by atoms with E-state index in [-0.39, 0.29) is 45.6 Å². The summed E-state index contributed by atoms with van der Waals surface area (Å²) in [6.07, 6.45) is -4.72. The molecule has 0 radical (unpaired) electrons. The third-order valence-corrected chi connectivity index (χ3v) is 15.9. The Morgan fingerprint density at radius 2 is 1.59 bits per heavy atom. The molecular formula is C26H38N10O12P2Si. The van der Waals surface area contributed by atoms with E-state index in [4.69, 9.17) is 43.5 Å². The Morgan fingerprint density at radius 1 is 0.922 bits per heavy atom. The first-order valence-electron chi connectivity index (χ1n) is 15.8. The fourth-order valence-corrected chi connectivity index (χ4v) is 9.11. The fraction of sp³-hybridized carbons (Fsp3) is 0.615. The van der Waals surface area contributed by atoms with Crippen LogP contribution in [0.15, 0.2) is 23.8 Å².